The number of para-hydroxylation sites is 1. The van der Waals surface area contributed by atoms with Gasteiger partial charge in [0.1, 0.15) is 11.6 Å². The van der Waals surface area contributed by atoms with Crippen LogP contribution < -0.4 is 10.2 Å². The van der Waals surface area contributed by atoms with Gasteiger partial charge < -0.3 is 10.2 Å². The summed E-state index contributed by atoms with van der Waals surface area (Å²) in [5.74, 6) is 2.02. The van der Waals surface area contributed by atoms with Gasteiger partial charge in [0.25, 0.3) is 0 Å². The van der Waals surface area contributed by atoms with Crippen molar-refractivity contribution in [3.05, 3.63) is 41.5 Å². The molecule has 0 radical (unpaired) electrons. The van der Waals surface area contributed by atoms with Gasteiger partial charge in [-0.2, -0.15) is 5.10 Å². The molecule has 0 bridgehead atoms. The molecule has 4 rings (SSSR count). The second kappa shape index (κ2) is 6.02. The predicted octanol–water partition coefficient (Wildman–Crippen LogP) is 1.47. The van der Waals surface area contributed by atoms with Crippen molar-refractivity contribution in [1.29, 1.82) is 0 Å². The Balaban J connectivity index is 1.39. The summed E-state index contributed by atoms with van der Waals surface area (Å²) in [6.07, 6.45) is 2.85. The van der Waals surface area contributed by atoms with Crippen LogP contribution >= 0.6 is 0 Å². The summed E-state index contributed by atoms with van der Waals surface area (Å²) in [7, 11) is 0. The van der Waals surface area contributed by atoms with Crippen molar-refractivity contribution in [1.82, 2.24) is 20.1 Å². The van der Waals surface area contributed by atoms with Crippen LogP contribution in [0.15, 0.2) is 24.3 Å². The van der Waals surface area contributed by atoms with Crippen molar-refractivity contribution in [2.75, 3.05) is 11.4 Å². The van der Waals surface area contributed by atoms with Crippen molar-refractivity contribution in [2.45, 2.75) is 51.7 Å². The topological polar surface area (TPSA) is 63.1 Å². The van der Waals surface area contributed by atoms with Crippen LogP contribution in [0.25, 0.3) is 0 Å². The Kier molecular flexibility index (Phi) is 3.84. The second-order valence-corrected chi connectivity index (χ2v) is 6.82. The SMILES string of the molecule is Cc1nc2n(n1)C[C@@H](NCC(=O)N1c3ccccc3C[C@@H]1C)CC2. The maximum absolute atomic E-state index is 12.7. The van der Waals surface area contributed by atoms with Gasteiger partial charge in [0.05, 0.1) is 13.1 Å². The first-order valence-corrected chi connectivity index (χ1v) is 8.65. The first kappa shape index (κ1) is 15.3. The Bertz CT molecular complexity index is 769. The highest BCUT2D eigenvalue weighted by molar-refractivity contribution is 5.97. The van der Waals surface area contributed by atoms with Gasteiger partial charge in [-0.3, -0.25) is 4.79 Å². The number of amides is 1. The number of nitrogens with one attached hydrogen (secondary N) is 1. The van der Waals surface area contributed by atoms with Gasteiger partial charge in [-0.05, 0) is 38.3 Å². The summed E-state index contributed by atoms with van der Waals surface area (Å²) in [5, 5.41) is 7.84. The Morgan fingerprint density at radius 1 is 1.38 bits per heavy atom. The third-order valence-electron chi connectivity index (χ3n) is 4.98. The standard InChI is InChI=1S/C18H23N5O/c1-12-9-14-5-3-4-6-16(14)23(12)18(24)10-19-15-7-8-17-20-13(2)21-22(17)11-15/h3-6,12,15,19H,7-11H2,1-2H3/t12-,15-/m0/s1. The van der Waals surface area contributed by atoms with E-state index in [1.807, 2.05) is 34.7 Å². The summed E-state index contributed by atoms with van der Waals surface area (Å²) < 4.78 is 1.97. The van der Waals surface area contributed by atoms with Crippen LogP contribution in [0.2, 0.25) is 0 Å². The number of aromatic nitrogens is 3. The molecule has 1 aromatic heterocycles. The molecule has 0 unspecified atom stereocenters. The van der Waals surface area contributed by atoms with Gasteiger partial charge >= 0.3 is 0 Å². The lowest BCUT2D eigenvalue weighted by Crippen LogP contribution is -2.46. The maximum atomic E-state index is 12.7. The fraction of sp³-hybridized carbons (Fsp3) is 0.500. The largest absolute Gasteiger partial charge is 0.308 e. The normalized spacial score (nSPS) is 22.3. The van der Waals surface area contributed by atoms with Crippen LogP contribution in [0.3, 0.4) is 0 Å². The summed E-state index contributed by atoms with van der Waals surface area (Å²) in [6.45, 7) is 5.19. The van der Waals surface area contributed by atoms with E-state index in [0.29, 0.717) is 6.54 Å². The van der Waals surface area contributed by atoms with Crippen molar-refractivity contribution in [2.24, 2.45) is 0 Å². The van der Waals surface area contributed by atoms with Crippen LogP contribution in [-0.4, -0.2) is 39.3 Å². The number of hydrogen-bond acceptors (Lipinski definition) is 4. The van der Waals surface area contributed by atoms with Crippen LogP contribution in [0.5, 0.6) is 0 Å². The molecular formula is C18H23N5O. The Morgan fingerprint density at radius 3 is 3.08 bits per heavy atom. The van der Waals surface area contributed by atoms with E-state index in [-0.39, 0.29) is 18.0 Å². The minimum absolute atomic E-state index is 0.146. The van der Waals surface area contributed by atoms with Gasteiger partial charge in [0, 0.05) is 24.2 Å². The van der Waals surface area contributed by atoms with E-state index in [4.69, 9.17) is 0 Å². The zero-order valence-corrected chi connectivity index (χ0v) is 14.2. The second-order valence-electron chi connectivity index (χ2n) is 6.82. The molecule has 1 aromatic carbocycles. The zero-order chi connectivity index (χ0) is 16.7. The zero-order valence-electron chi connectivity index (χ0n) is 14.2. The van der Waals surface area contributed by atoms with Crippen molar-refractivity contribution < 1.29 is 4.79 Å². The van der Waals surface area contributed by atoms with E-state index in [1.165, 1.54) is 5.56 Å². The van der Waals surface area contributed by atoms with E-state index < -0.39 is 0 Å². The minimum atomic E-state index is 0.146. The Labute approximate surface area is 141 Å². The summed E-state index contributed by atoms with van der Waals surface area (Å²) in [4.78, 5) is 19.1. The molecule has 2 aromatic rings. The number of carbonyl (C=O) groups is 1. The lowest BCUT2D eigenvalue weighted by Gasteiger charge is -2.26. The molecule has 6 heteroatoms. The molecule has 2 aliphatic rings. The van der Waals surface area contributed by atoms with Gasteiger partial charge in [-0.15, -0.1) is 0 Å². The molecule has 0 fully saturated rings. The van der Waals surface area contributed by atoms with Crippen molar-refractivity contribution in [3.8, 4) is 0 Å². The average Bonchev–Trinajstić information content (AvgIpc) is 3.09. The number of aryl methyl sites for hydroxylation is 2. The molecule has 3 heterocycles. The van der Waals surface area contributed by atoms with Crippen LogP contribution in [0, 0.1) is 6.92 Å². The lowest BCUT2D eigenvalue weighted by atomic mass is 10.1. The predicted molar refractivity (Wildman–Crippen MR) is 92.0 cm³/mol. The first-order valence-electron chi connectivity index (χ1n) is 8.65. The molecule has 2 aliphatic heterocycles. The number of benzene rings is 1. The van der Waals surface area contributed by atoms with Gasteiger partial charge in [-0.25, -0.2) is 9.67 Å². The Hall–Kier alpha value is -2.21. The Morgan fingerprint density at radius 2 is 2.21 bits per heavy atom. The van der Waals surface area contributed by atoms with Crippen molar-refractivity contribution in [3.63, 3.8) is 0 Å². The van der Waals surface area contributed by atoms with E-state index in [1.54, 1.807) is 0 Å². The smallest absolute Gasteiger partial charge is 0.241 e. The van der Waals surface area contributed by atoms with E-state index in [0.717, 1.165) is 43.1 Å². The minimum Gasteiger partial charge on any atom is -0.308 e. The first-order chi connectivity index (χ1) is 11.6. The monoisotopic (exact) mass is 325 g/mol. The molecule has 0 saturated carbocycles. The van der Waals surface area contributed by atoms with Crippen LogP contribution in [0.1, 0.15) is 30.6 Å². The number of fused-ring (bicyclic) bond motifs is 2. The fourth-order valence-corrected chi connectivity index (χ4v) is 3.86. The number of hydrogen-bond donors (Lipinski definition) is 1. The van der Waals surface area contributed by atoms with Gasteiger partial charge in [-0.1, -0.05) is 18.2 Å². The third-order valence-corrected chi connectivity index (χ3v) is 4.98. The van der Waals surface area contributed by atoms with Gasteiger partial charge in [0.2, 0.25) is 5.91 Å². The van der Waals surface area contributed by atoms with E-state index in [9.17, 15) is 4.79 Å². The third kappa shape index (κ3) is 2.71. The molecule has 24 heavy (non-hydrogen) atoms. The molecule has 126 valence electrons. The highest BCUT2D eigenvalue weighted by atomic mass is 16.2. The molecule has 1 amide bonds. The molecular weight excluding hydrogens is 302 g/mol. The molecule has 1 N–H and O–H groups in total. The highest BCUT2D eigenvalue weighted by Crippen LogP contribution is 2.31. The number of anilines is 1. The van der Waals surface area contributed by atoms with E-state index >= 15 is 0 Å². The number of nitrogens with zero attached hydrogens (tertiary/aromatic N) is 4. The van der Waals surface area contributed by atoms with Gasteiger partial charge in [0.15, 0.2) is 0 Å². The number of rotatable bonds is 3. The highest BCUT2D eigenvalue weighted by Gasteiger charge is 2.31. The number of carbonyl (C=O) groups excluding carboxylic acids is 1. The summed E-state index contributed by atoms with van der Waals surface area (Å²) >= 11 is 0. The van der Waals surface area contributed by atoms with Crippen LogP contribution in [0.4, 0.5) is 5.69 Å². The molecule has 0 saturated heterocycles. The quantitative estimate of drug-likeness (QED) is 0.928. The summed E-state index contributed by atoms with van der Waals surface area (Å²) in [6, 6.07) is 8.70. The molecule has 0 aliphatic carbocycles. The average molecular weight is 325 g/mol. The van der Waals surface area contributed by atoms with Crippen molar-refractivity contribution >= 4 is 11.6 Å². The molecule has 2 atom stereocenters. The molecule has 6 nitrogen and oxygen atoms in total. The molecule has 0 spiro atoms. The van der Waals surface area contributed by atoms with E-state index in [2.05, 4.69) is 28.4 Å². The maximum Gasteiger partial charge on any atom is 0.241 e. The lowest BCUT2D eigenvalue weighted by molar-refractivity contribution is -0.118. The van der Waals surface area contributed by atoms with Crippen LogP contribution in [-0.2, 0) is 24.2 Å². The fourth-order valence-electron chi connectivity index (χ4n) is 3.86. The summed E-state index contributed by atoms with van der Waals surface area (Å²) in [5.41, 5.74) is 2.33.